The fraction of sp³-hybridized carbons (Fsp3) is 0.357. The Morgan fingerprint density at radius 2 is 2.28 bits per heavy atom. The van der Waals surface area contributed by atoms with Crippen molar-refractivity contribution in [3.05, 3.63) is 45.9 Å². The lowest BCUT2D eigenvalue weighted by atomic mass is 10.0. The molecule has 0 amide bonds. The molecule has 0 aliphatic carbocycles. The zero-order chi connectivity index (χ0) is 13.0. The van der Waals surface area contributed by atoms with E-state index in [9.17, 15) is 0 Å². The van der Waals surface area contributed by atoms with Crippen LogP contribution in [0.1, 0.15) is 22.0 Å². The van der Waals surface area contributed by atoms with Crippen molar-refractivity contribution in [2.45, 2.75) is 19.4 Å². The lowest BCUT2D eigenvalue weighted by Gasteiger charge is -2.16. The first-order valence-corrected chi connectivity index (χ1v) is 6.81. The standard InChI is InChI=1S/C14H18N2OS/c1-10-4-5-13(17-3)11(6-10)7-12(15-2)14-8-16-9-18-14/h4-6,8-9,12,15H,7H2,1-3H3. The molecule has 0 saturated heterocycles. The minimum Gasteiger partial charge on any atom is -0.496 e. The summed E-state index contributed by atoms with van der Waals surface area (Å²) >= 11 is 1.68. The number of hydrogen-bond donors (Lipinski definition) is 1. The first-order valence-electron chi connectivity index (χ1n) is 5.93. The van der Waals surface area contributed by atoms with Gasteiger partial charge in [-0.1, -0.05) is 17.7 Å². The topological polar surface area (TPSA) is 34.1 Å². The zero-order valence-electron chi connectivity index (χ0n) is 10.9. The van der Waals surface area contributed by atoms with Gasteiger partial charge < -0.3 is 10.1 Å². The molecule has 0 aliphatic heterocycles. The van der Waals surface area contributed by atoms with E-state index >= 15 is 0 Å². The van der Waals surface area contributed by atoms with Gasteiger partial charge in [0.1, 0.15) is 5.75 Å². The average Bonchev–Trinajstić information content (AvgIpc) is 2.90. The van der Waals surface area contributed by atoms with Crippen molar-refractivity contribution >= 4 is 11.3 Å². The molecule has 1 aromatic heterocycles. The second-order valence-corrected chi connectivity index (χ2v) is 5.18. The molecule has 3 nitrogen and oxygen atoms in total. The molecule has 2 aromatic rings. The van der Waals surface area contributed by atoms with Crippen LogP contribution in [0.4, 0.5) is 0 Å². The highest BCUT2D eigenvalue weighted by molar-refractivity contribution is 7.09. The van der Waals surface area contributed by atoms with E-state index in [2.05, 4.69) is 29.4 Å². The van der Waals surface area contributed by atoms with Crippen LogP contribution in [0.3, 0.4) is 0 Å². The number of thiazole rings is 1. The van der Waals surface area contributed by atoms with Crippen LogP contribution in [0.2, 0.25) is 0 Å². The second-order valence-electron chi connectivity index (χ2n) is 4.26. The van der Waals surface area contributed by atoms with Crippen LogP contribution in [0.5, 0.6) is 5.75 Å². The lowest BCUT2D eigenvalue weighted by Crippen LogP contribution is -2.18. The largest absolute Gasteiger partial charge is 0.496 e. The highest BCUT2D eigenvalue weighted by atomic mass is 32.1. The normalized spacial score (nSPS) is 12.4. The number of aromatic nitrogens is 1. The maximum atomic E-state index is 5.42. The van der Waals surface area contributed by atoms with E-state index in [-0.39, 0.29) is 6.04 Å². The van der Waals surface area contributed by atoms with Crippen molar-refractivity contribution in [1.82, 2.24) is 10.3 Å². The molecule has 1 heterocycles. The van der Waals surface area contributed by atoms with Gasteiger partial charge in [0, 0.05) is 17.1 Å². The molecule has 1 N–H and O–H groups in total. The van der Waals surface area contributed by atoms with Gasteiger partial charge in [-0.15, -0.1) is 11.3 Å². The van der Waals surface area contributed by atoms with Crippen molar-refractivity contribution in [3.8, 4) is 5.75 Å². The van der Waals surface area contributed by atoms with Gasteiger partial charge in [0.15, 0.2) is 0 Å². The summed E-state index contributed by atoms with van der Waals surface area (Å²) < 4.78 is 5.42. The van der Waals surface area contributed by atoms with Crippen LogP contribution < -0.4 is 10.1 Å². The number of hydrogen-bond acceptors (Lipinski definition) is 4. The van der Waals surface area contributed by atoms with Gasteiger partial charge in [0.05, 0.1) is 12.6 Å². The predicted octanol–water partition coefficient (Wildman–Crippen LogP) is 2.96. The second kappa shape index (κ2) is 5.98. The van der Waals surface area contributed by atoms with E-state index in [0.717, 1.165) is 12.2 Å². The summed E-state index contributed by atoms with van der Waals surface area (Å²) in [5.74, 6) is 0.949. The molecule has 0 aliphatic rings. The summed E-state index contributed by atoms with van der Waals surface area (Å²) in [5, 5.41) is 3.34. The highest BCUT2D eigenvalue weighted by Gasteiger charge is 2.14. The molecule has 1 unspecified atom stereocenters. The van der Waals surface area contributed by atoms with Gasteiger partial charge >= 0.3 is 0 Å². The van der Waals surface area contributed by atoms with Crippen LogP contribution in [-0.4, -0.2) is 19.1 Å². The number of nitrogens with zero attached hydrogens (tertiary/aromatic N) is 1. The third-order valence-corrected chi connectivity index (χ3v) is 3.89. The number of benzene rings is 1. The van der Waals surface area contributed by atoms with Gasteiger partial charge in [-0.05, 0) is 32.0 Å². The molecule has 2 rings (SSSR count). The Bertz CT molecular complexity index is 497. The zero-order valence-corrected chi connectivity index (χ0v) is 11.8. The molecular weight excluding hydrogens is 244 g/mol. The molecule has 0 fully saturated rings. The molecule has 18 heavy (non-hydrogen) atoms. The number of nitrogens with one attached hydrogen (secondary N) is 1. The highest BCUT2D eigenvalue weighted by Crippen LogP contribution is 2.27. The van der Waals surface area contributed by atoms with E-state index in [0.29, 0.717) is 0 Å². The summed E-state index contributed by atoms with van der Waals surface area (Å²) in [6, 6.07) is 6.57. The minimum atomic E-state index is 0.285. The number of rotatable bonds is 5. The van der Waals surface area contributed by atoms with E-state index in [1.54, 1.807) is 18.4 Å². The summed E-state index contributed by atoms with van der Waals surface area (Å²) in [7, 11) is 3.70. The Labute approximate surface area is 112 Å². The number of methoxy groups -OCH3 is 1. The summed E-state index contributed by atoms with van der Waals surface area (Å²) in [6.45, 7) is 2.10. The SMILES string of the molecule is CNC(Cc1cc(C)ccc1OC)c1cncs1. The number of ether oxygens (including phenoxy) is 1. The van der Waals surface area contributed by atoms with Gasteiger partial charge in [0.2, 0.25) is 0 Å². The van der Waals surface area contributed by atoms with Crippen molar-refractivity contribution in [3.63, 3.8) is 0 Å². The summed E-state index contributed by atoms with van der Waals surface area (Å²) in [5.41, 5.74) is 4.35. The van der Waals surface area contributed by atoms with Crippen molar-refractivity contribution in [1.29, 1.82) is 0 Å². The van der Waals surface area contributed by atoms with Crippen LogP contribution >= 0.6 is 11.3 Å². The first kappa shape index (κ1) is 13.1. The third kappa shape index (κ3) is 2.89. The number of aryl methyl sites for hydroxylation is 1. The van der Waals surface area contributed by atoms with Crippen LogP contribution in [0.25, 0.3) is 0 Å². The molecule has 4 heteroatoms. The lowest BCUT2D eigenvalue weighted by molar-refractivity contribution is 0.406. The molecule has 0 saturated carbocycles. The number of likely N-dealkylation sites (N-methyl/N-ethyl adjacent to an activating group) is 1. The predicted molar refractivity (Wildman–Crippen MR) is 75.3 cm³/mol. The smallest absolute Gasteiger partial charge is 0.122 e. The quantitative estimate of drug-likeness (QED) is 0.899. The van der Waals surface area contributed by atoms with E-state index in [4.69, 9.17) is 4.74 Å². The molecular formula is C14H18N2OS. The Morgan fingerprint density at radius 1 is 1.44 bits per heavy atom. The fourth-order valence-electron chi connectivity index (χ4n) is 2.03. The summed E-state index contributed by atoms with van der Waals surface area (Å²) in [6.07, 6.45) is 2.83. The first-order chi connectivity index (χ1) is 8.74. The molecule has 0 spiro atoms. The van der Waals surface area contributed by atoms with E-state index < -0.39 is 0 Å². The Balaban J connectivity index is 2.24. The van der Waals surface area contributed by atoms with Crippen molar-refractivity contribution < 1.29 is 4.74 Å². The van der Waals surface area contributed by atoms with Gasteiger partial charge in [-0.25, -0.2) is 0 Å². The van der Waals surface area contributed by atoms with Gasteiger partial charge in [0.25, 0.3) is 0 Å². The third-order valence-electron chi connectivity index (χ3n) is 3.00. The van der Waals surface area contributed by atoms with Gasteiger partial charge in [-0.2, -0.15) is 0 Å². The molecule has 0 bridgehead atoms. The Kier molecular flexibility index (Phi) is 4.33. The maximum Gasteiger partial charge on any atom is 0.122 e. The molecule has 96 valence electrons. The van der Waals surface area contributed by atoms with E-state index in [1.165, 1.54) is 16.0 Å². The fourth-order valence-corrected chi connectivity index (χ4v) is 2.76. The monoisotopic (exact) mass is 262 g/mol. The van der Waals surface area contributed by atoms with Crippen LogP contribution in [-0.2, 0) is 6.42 Å². The van der Waals surface area contributed by atoms with Gasteiger partial charge in [-0.3, -0.25) is 4.98 Å². The van der Waals surface area contributed by atoms with Crippen LogP contribution in [0.15, 0.2) is 29.9 Å². The molecule has 1 atom stereocenters. The Morgan fingerprint density at radius 3 is 2.89 bits per heavy atom. The van der Waals surface area contributed by atoms with Crippen molar-refractivity contribution in [2.75, 3.05) is 14.2 Å². The molecule has 0 radical (unpaired) electrons. The average molecular weight is 262 g/mol. The summed E-state index contributed by atoms with van der Waals surface area (Å²) in [4.78, 5) is 5.39. The van der Waals surface area contributed by atoms with Crippen LogP contribution in [0, 0.1) is 6.92 Å². The minimum absolute atomic E-state index is 0.285. The van der Waals surface area contributed by atoms with E-state index in [1.807, 2.05) is 24.8 Å². The van der Waals surface area contributed by atoms with Crippen molar-refractivity contribution in [2.24, 2.45) is 0 Å². The maximum absolute atomic E-state index is 5.42. The molecule has 1 aromatic carbocycles. The Hall–Kier alpha value is -1.39.